The number of rotatable bonds is 5. The van der Waals surface area contributed by atoms with Crippen molar-refractivity contribution in [1.82, 2.24) is 5.32 Å². The molecular weight excluding hydrogens is 308 g/mol. The van der Waals surface area contributed by atoms with Crippen molar-refractivity contribution in [3.63, 3.8) is 0 Å². The van der Waals surface area contributed by atoms with Crippen LogP contribution >= 0.6 is 0 Å². The fourth-order valence-corrected chi connectivity index (χ4v) is 2.24. The van der Waals surface area contributed by atoms with Gasteiger partial charge in [-0.2, -0.15) is 0 Å². The summed E-state index contributed by atoms with van der Waals surface area (Å²) in [5, 5.41) is 5.30. The summed E-state index contributed by atoms with van der Waals surface area (Å²) in [4.78, 5) is 24.5. The summed E-state index contributed by atoms with van der Waals surface area (Å²) < 4.78 is 10.4. The van der Waals surface area contributed by atoms with E-state index in [2.05, 4.69) is 10.6 Å². The molecule has 2 N–H and O–H groups in total. The largest absolute Gasteiger partial charge is 0.497 e. The summed E-state index contributed by atoms with van der Waals surface area (Å²) >= 11 is 0. The zero-order valence-electron chi connectivity index (χ0n) is 14.1. The number of anilines is 1. The second kappa shape index (κ2) is 7.50. The van der Waals surface area contributed by atoms with Crippen LogP contribution in [-0.4, -0.2) is 33.1 Å². The van der Waals surface area contributed by atoms with Crippen LogP contribution in [0.5, 0.6) is 11.5 Å². The molecule has 24 heavy (non-hydrogen) atoms. The Hall–Kier alpha value is -3.02. The van der Waals surface area contributed by atoms with Gasteiger partial charge in [0.1, 0.15) is 11.5 Å². The smallest absolute Gasteiger partial charge is 0.255 e. The Bertz CT molecular complexity index is 772. The van der Waals surface area contributed by atoms with Gasteiger partial charge in [0, 0.05) is 12.6 Å². The first-order valence-electron chi connectivity index (χ1n) is 7.36. The lowest BCUT2D eigenvalue weighted by atomic mass is 10.1. The summed E-state index contributed by atoms with van der Waals surface area (Å²) in [5.74, 6) is 0.516. The Morgan fingerprint density at radius 2 is 1.71 bits per heavy atom. The van der Waals surface area contributed by atoms with Crippen molar-refractivity contribution < 1.29 is 19.1 Å². The number of carbonyl (C=O) groups is 2. The fourth-order valence-electron chi connectivity index (χ4n) is 2.24. The highest BCUT2D eigenvalue weighted by Gasteiger charge is 2.15. The van der Waals surface area contributed by atoms with E-state index in [4.69, 9.17) is 9.47 Å². The van der Waals surface area contributed by atoms with Gasteiger partial charge in [-0.3, -0.25) is 9.59 Å². The normalized spacial score (nSPS) is 10.0. The molecule has 0 aliphatic carbocycles. The average Bonchev–Trinajstić information content (AvgIpc) is 2.61. The number of aryl methyl sites for hydroxylation is 1. The monoisotopic (exact) mass is 328 g/mol. The number of methoxy groups -OCH3 is 2. The molecule has 0 bridgehead atoms. The minimum absolute atomic E-state index is 0.314. The fraction of sp³-hybridized carbons (Fsp3) is 0.222. The number of benzene rings is 2. The Labute approximate surface area is 140 Å². The standard InChI is InChI=1S/C18H20N2O4/c1-11-5-6-12(9-16(11)24-4)17(21)20-15-8-7-13(23-3)10-14(15)18(22)19-2/h5-10H,1-4H3,(H,19,22)(H,20,21). The summed E-state index contributed by atoms with van der Waals surface area (Å²) in [5.41, 5.74) is 2.10. The zero-order valence-corrected chi connectivity index (χ0v) is 14.1. The van der Waals surface area contributed by atoms with Crippen LogP contribution in [0.4, 0.5) is 5.69 Å². The third-order valence-electron chi connectivity index (χ3n) is 3.62. The van der Waals surface area contributed by atoms with Crippen molar-refractivity contribution >= 4 is 17.5 Å². The SMILES string of the molecule is CNC(=O)c1cc(OC)ccc1NC(=O)c1ccc(C)c(OC)c1. The van der Waals surface area contributed by atoms with Gasteiger partial charge in [0.05, 0.1) is 25.5 Å². The predicted molar refractivity (Wildman–Crippen MR) is 92.1 cm³/mol. The first-order valence-corrected chi connectivity index (χ1v) is 7.36. The Morgan fingerprint density at radius 3 is 2.33 bits per heavy atom. The Morgan fingerprint density at radius 1 is 0.958 bits per heavy atom. The van der Waals surface area contributed by atoms with E-state index >= 15 is 0 Å². The molecule has 0 radical (unpaired) electrons. The van der Waals surface area contributed by atoms with E-state index in [1.54, 1.807) is 43.5 Å². The van der Waals surface area contributed by atoms with Crippen LogP contribution in [-0.2, 0) is 0 Å². The van der Waals surface area contributed by atoms with E-state index in [0.29, 0.717) is 28.3 Å². The van der Waals surface area contributed by atoms with Crippen LogP contribution in [0.25, 0.3) is 0 Å². The average molecular weight is 328 g/mol. The van der Waals surface area contributed by atoms with Crippen molar-refractivity contribution in [2.24, 2.45) is 0 Å². The van der Waals surface area contributed by atoms with Gasteiger partial charge in [-0.25, -0.2) is 0 Å². The van der Waals surface area contributed by atoms with Crippen molar-refractivity contribution in [2.45, 2.75) is 6.92 Å². The molecule has 0 aromatic heterocycles. The molecule has 2 aromatic carbocycles. The minimum Gasteiger partial charge on any atom is -0.497 e. The van der Waals surface area contributed by atoms with E-state index in [1.165, 1.54) is 14.2 Å². The van der Waals surface area contributed by atoms with Gasteiger partial charge in [0.25, 0.3) is 11.8 Å². The Balaban J connectivity index is 2.33. The highest BCUT2D eigenvalue weighted by Crippen LogP contribution is 2.24. The lowest BCUT2D eigenvalue weighted by molar-refractivity contribution is 0.0963. The first kappa shape index (κ1) is 17.3. The van der Waals surface area contributed by atoms with Gasteiger partial charge in [-0.1, -0.05) is 6.07 Å². The minimum atomic E-state index is -0.330. The number of hydrogen-bond donors (Lipinski definition) is 2. The lowest BCUT2D eigenvalue weighted by Gasteiger charge is -2.13. The highest BCUT2D eigenvalue weighted by atomic mass is 16.5. The van der Waals surface area contributed by atoms with E-state index in [0.717, 1.165) is 5.56 Å². The highest BCUT2D eigenvalue weighted by molar-refractivity contribution is 6.09. The second-order valence-corrected chi connectivity index (χ2v) is 5.13. The first-order chi connectivity index (χ1) is 11.5. The van der Waals surface area contributed by atoms with Crippen LogP contribution in [0.1, 0.15) is 26.3 Å². The van der Waals surface area contributed by atoms with Crippen molar-refractivity contribution in [1.29, 1.82) is 0 Å². The maximum atomic E-state index is 12.5. The van der Waals surface area contributed by atoms with E-state index in [9.17, 15) is 9.59 Å². The molecule has 0 aliphatic heterocycles. The predicted octanol–water partition coefficient (Wildman–Crippen LogP) is 2.62. The quantitative estimate of drug-likeness (QED) is 0.884. The summed E-state index contributed by atoms with van der Waals surface area (Å²) in [7, 11) is 4.59. The molecule has 2 rings (SSSR count). The molecule has 0 unspecified atom stereocenters. The number of carbonyl (C=O) groups excluding carboxylic acids is 2. The number of nitrogens with one attached hydrogen (secondary N) is 2. The molecule has 0 saturated carbocycles. The topological polar surface area (TPSA) is 76.7 Å². The molecule has 2 amide bonds. The summed E-state index contributed by atoms with van der Waals surface area (Å²) in [6, 6.07) is 10.1. The van der Waals surface area contributed by atoms with Crippen LogP contribution in [0.2, 0.25) is 0 Å². The molecule has 0 aliphatic rings. The van der Waals surface area contributed by atoms with E-state index < -0.39 is 0 Å². The van der Waals surface area contributed by atoms with E-state index in [-0.39, 0.29) is 11.8 Å². The van der Waals surface area contributed by atoms with Gasteiger partial charge in [0.2, 0.25) is 0 Å². The molecule has 6 heteroatoms. The number of hydrogen-bond acceptors (Lipinski definition) is 4. The van der Waals surface area contributed by atoms with Crippen molar-refractivity contribution in [2.75, 3.05) is 26.6 Å². The number of amides is 2. The van der Waals surface area contributed by atoms with Gasteiger partial charge in [-0.15, -0.1) is 0 Å². The van der Waals surface area contributed by atoms with Gasteiger partial charge < -0.3 is 20.1 Å². The van der Waals surface area contributed by atoms with Gasteiger partial charge in [-0.05, 0) is 42.8 Å². The second-order valence-electron chi connectivity index (χ2n) is 5.13. The van der Waals surface area contributed by atoms with Crippen LogP contribution in [0.3, 0.4) is 0 Å². The van der Waals surface area contributed by atoms with E-state index in [1.807, 2.05) is 6.92 Å². The van der Waals surface area contributed by atoms with Crippen LogP contribution in [0, 0.1) is 6.92 Å². The summed E-state index contributed by atoms with van der Waals surface area (Å²) in [6.07, 6.45) is 0. The molecule has 0 saturated heterocycles. The molecule has 126 valence electrons. The van der Waals surface area contributed by atoms with Crippen LogP contribution in [0.15, 0.2) is 36.4 Å². The summed E-state index contributed by atoms with van der Waals surface area (Å²) in [6.45, 7) is 1.90. The van der Waals surface area contributed by atoms with Gasteiger partial charge in [0.15, 0.2) is 0 Å². The van der Waals surface area contributed by atoms with Crippen molar-refractivity contribution in [3.05, 3.63) is 53.1 Å². The molecule has 6 nitrogen and oxygen atoms in total. The maximum absolute atomic E-state index is 12.5. The molecular formula is C18H20N2O4. The molecule has 2 aromatic rings. The lowest BCUT2D eigenvalue weighted by Crippen LogP contribution is -2.21. The third-order valence-corrected chi connectivity index (χ3v) is 3.62. The molecule has 0 fully saturated rings. The number of ether oxygens (including phenoxy) is 2. The molecule has 0 heterocycles. The third kappa shape index (κ3) is 3.65. The van der Waals surface area contributed by atoms with Crippen molar-refractivity contribution in [3.8, 4) is 11.5 Å². The Kier molecular flexibility index (Phi) is 5.42. The van der Waals surface area contributed by atoms with Gasteiger partial charge >= 0.3 is 0 Å². The molecule has 0 atom stereocenters. The zero-order chi connectivity index (χ0) is 17.7. The maximum Gasteiger partial charge on any atom is 0.255 e. The molecule has 0 spiro atoms. The van der Waals surface area contributed by atoms with Crippen LogP contribution < -0.4 is 20.1 Å².